The van der Waals surface area contributed by atoms with E-state index in [1.54, 1.807) is 19.2 Å². The average Bonchev–Trinajstić information content (AvgIpc) is 2.52. The lowest BCUT2D eigenvalue weighted by Gasteiger charge is -2.30. The molecule has 0 fully saturated rings. The molecule has 8 heteroatoms. The Bertz CT molecular complexity index is 573. The smallest absolute Gasteiger partial charge is 0.269 e. The van der Waals surface area contributed by atoms with Crippen molar-refractivity contribution in [3.05, 3.63) is 39.9 Å². The molecule has 0 aliphatic rings. The van der Waals surface area contributed by atoms with Gasteiger partial charge in [-0.05, 0) is 17.9 Å². The standard InChI is InChI=1S/C17H28N4O3.HI/c1-6-18-16(20-12-15(24-5)17(2,3)4)19-11-13-8-7-9-14(10-13)21(22)23;/h7-10,15H,6,11-12H2,1-5H3,(H2,18,19,20);1H. The van der Waals surface area contributed by atoms with E-state index in [-0.39, 0.29) is 41.2 Å². The van der Waals surface area contributed by atoms with Crippen LogP contribution in [0.4, 0.5) is 5.69 Å². The molecule has 2 N–H and O–H groups in total. The molecule has 7 nitrogen and oxygen atoms in total. The number of methoxy groups -OCH3 is 1. The quantitative estimate of drug-likeness (QED) is 0.213. The lowest BCUT2D eigenvalue weighted by atomic mass is 9.89. The molecular formula is C17H29IN4O3. The third-order valence-electron chi connectivity index (χ3n) is 3.59. The van der Waals surface area contributed by atoms with Crippen molar-refractivity contribution in [1.29, 1.82) is 0 Å². The lowest BCUT2D eigenvalue weighted by molar-refractivity contribution is -0.384. The molecule has 0 radical (unpaired) electrons. The molecule has 0 bridgehead atoms. The van der Waals surface area contributed by atoms with Gasteiger partial charge in [0.2, 0.25) is 0 Å². The number of nitro groups is 1. The minimum atomic E-state index is -0.400. The van der Waals surface area contributed by atoms with Gasteiger partial charge in [0, 0.05) is 32.3 Å². The van der Waals surface area contributed by atoms with E-state index in [1.165, 1.54) is 6.07 Å². The van der Waals surface area contributed by atoms with E-state index in [0.717, 1.165) is 12.1 Å². The summed E-state index contributed by atoms with van der Waals surface area (Å²) in [6, 6.07) is 6.51. The van der Waals surface area contributed by atoms with Crippen molar-refractivity contribution in [1.82, 2.24) is 10.6 Å². The number of non-ortho nitro benzene ring substituents is 1. The van der Waals surface area contributed by atoms with Crippen molar-refractivity contribution in [2.75, 3.05) is 20.2 Å². The Balaban J connectivity index is 0.00000576. The maximum Gasteiger partial charge on any atom is 0.269 e. The number of guanidine groups is 1. The van der Waals surface area contributed by atoms with Crippen LogP contribution in [0.5, 0.6) is 0 Å². The molecule has 1 aromatic rings. The molecule has 25 heavy (non-hydrogen) atoms. The van der Waals surface area contributed by atoms with Gasteiger partial charge in [-0.2, -0.15) is 0 Å². The molecule has 0 aliphatic carbocycles. The number of halogens is 1. The Morgan fingerprint density at radius 3 is 2.56 bits per heavy atom. The van der Waals surface area contributed by atoms with Crippen LogP contribution in [0.25, 0.3) is 0 Å². The van der Waals surface area contributed by atoms with Crippen LogP contribution in [0.1, 0.15) is 33.3 Å². The van der Waals surface area contributed by atoms with Gasteiger partial charge in [0.25, 0.3) is 5.69 Å². The van der Waals surface area contributed by atoms with Gasteiger partial charge >= 0.3 is 0 Å². The first-order chi connectivity index (χ1) is 11.3. The van der Waals surface area contributed by atoms with Crippen molar-refractivity contribution < 1.29 is 9.66 Å². The second-order valence-electron chi connectivity index (χ2n) is 6.59. The van der Waals surface area contributed by atoms with Crippen LogP contribution >= 0.6 is 24.0 Å². The van der Waals surface area contributed by atoms with Crippen LogP contribution in [0.3, 0.4) is 0 Å². The first kappa shape index (κ1) is 23.6. The van der Waals surface area contributed by atoms with Gasteiger partial charge in [-0.1, -0.05) is 32.9 Å². The summed E-state index contributed by atoms with van der Waals surface area (Å²) in [7, 11) is 1.70. The van der Waals surface area contributed by atoms with E-state index in [0.29, 0.717) is 19.0 Å². The maximum absolute atomic E-state index is 10.8. The van der Waals surface area contributed by atoms with E-state index in [2.05, 4.69) is 36.4 Å². The summed E-state index contributed by atoms with van der Waals surface area (Å²) in [6.07, 6.45) is 0.0409. The van der Waals surface area contributed by atoms with E-state index < -0.39 is 4.92 Å². The Morgan fingerprint density at radius 1 is 1.36 bits per heavy atom. The van der Waals surface area contributed by atoms with E-state index in [1.807, 2.05) is 13.0 Å². The van der Waals surface area contributed by atoms with E-state index >= 15 is 0 Å². The first-order valence-electron chi connectivity index (χ1n) is 8.06. The topological polar surface area (TPSA) is 88.8 Å². The number of aliphatic imine (C=N–C) groups is 1. The monoisotopic (exact) mass is 464 g/mol. The Kier molecular flexibility index (Phi) is 10.6. The minimum Gasteiger partial charge on any atom is -0.379 e. The molecule has 0 saturated carbocycles. The molecular weight excluding hydrogens is 435 g/mol. The van der Waals surface area contributed by atoms with Crippen LogP contribution in [-0.2, 0) is 11.3 Å². The lowest BCUT2D eigenvalue weighted by Crippen LogP contribution is -2.45. The van der Waals surface area contributed by atoms with Gasteiger partial charge in [-0.3, -0.25) is 10.1 Å². The van der Waals surface area contributed by atoms with Crippen molar-refractivity contribution >= 4 is 35.6 Å². The molecule has 0 aromatic heterocycles. The van der Waals surface area contributed by atoms with Crippen LogP contribution < -0.4 is 10.6 Å². The van der Waals surface area contributed by atoms with Gasteiger partial charge in [0.05, 0.1) is 17.6 Å². The fourth-order valence-corrected chi connectivity index (χ4v) is 2.21. The molecule has 1 atom stereocenters. The number of nitro benzene ring substituents is 1. The number of benzene rings is 1. The predicted molar refractivity (Wildman–Crippen MR) is 112 cm³/mol. The zero-order chi connectivity index (χ0) is 18.2. The number of hydrogen-bond donors (Lipinski definition) is 2. The van der Waals surface area contributed by atoms with E-state index in [9.17, 15) is 10.1 Å². The highest BCUT2D eigenvalue weighted by atomic mass is 127. The van der Waals surface area contributed by atoms with Crippen LogP contribution in [-0.4, -0.2) is 37.2 Å². The highest BCUT2D eigenvalue weighted by molar-refractivity contribution is 14.0. The fourth-order valence-electron chi connectivity index (χ4n) is 2.21. The molecule has 0 saturated heterocycles. The van der Waals surface area contributed by atoms with E-state index in [4.69, 9.17) is 4.74 Å². The highest BCUT2D eigenvalue weighted by Gasteiger charge is 2.24. The first-order valence-corrected chi connectivity index (χ1v) is 8.06. The predicted octanol–water partition coefficient (Wildman–Crippen LogP) is 3.33. The molecule has 0 heterocycles. The molecule has 1 aromatic carbocycles. The zero-order valence-electron chi connectivity index (χ0n) is 15.5. The normalized spacial score (nSPS) is 12.9. The number of rotatable bonds is 7. The van der Waals surface area contributed by atoms with Gasteiger partial charge in [-0.15, -0.1) is 24.0 Å². The van der Waals surface area contributed by atoms with Gasteiger partial charge in [0.15, 0.2) is 5.96 Å². The SMILES string of the molecule is CCNC(=NCc1cccc([N+](=O)[O-])c1)NCC(OC)C(C)(C)C.I. The van der Waals surface area contributed by atoms with Crippen molar-refractivity contribution in [2.24, 2.45) is 10.4 Å². The third-order valence-corrected chi connectivity index (χ3v) is 3.59. The van der Waals surface area contributed by atoms with Gasteiger partial charge in [0.1, 0.15) is 0 Å². The third kappa shape index (κ3) is 8.48. The Morgan fingerprint density at radius 2 is 2.04 bits per heavy atom. The highest BCUT2D eigenvalue weighted by Crippen LogP contribution is 2.21. The average molecular weight is 464 g/mol. The Hall–Kier alpha value is -1.42. The molecule has 0 aliphatic heterocycles. The molecule has 0 amide bonds. The second-order valence-corrected chi connectivity index (χ2v) is 6.59. The van der Waals surface area contributed by atoms with Crippen LogP contribution in [0, 0.1) is 15.5 Å². The largest absolute Gasteiger partial charge is 0.379 e. The van der Waals surface area contributed by atoms with Crippen molar-refractivity contribution in [3.8, 4) is 0 Å². The Labute approximate surface area is 166 Å². The summed E-state index contributed by atoms with van der Waals surface area (Å²) in [5.74, 6) is 0.662. The summed E-state index contributed by atoms with van der Waals surface area (Å²) in [5.41, 5.74) is 0.882. The summed E-state index contributed by atoms with van der Waals surface area (Å²) in [4.78, 5) is 14.9. The number of hydrogen-bond acceptors (Lipinski definition) is 4. The zero-order valence-corrected chi connectivity index (χ0v) is 17.9. The fraction of sp³-hybridized carbons (Fsp3) is 0.588. The van der Waals surface area contributed by atoms with Gasteiger partial charge in [-0.25, -0.2) is 4.99 Å². The second kappa shape index (κ2) is 11.2. The van der Waals surface area contributed by atoms with Crippen molar-refractivity contribution in [2.45, 2.75) is 40.3 Å². The molecule has 1 rings (SSSR count). The molecule has 0 spiro atoms. The molecule has 142 valence electrons. The van der Waals surface area contributed by atoms with Gasteiger partial charge < -0.3 is 15.4 Å². The van der Waals surface area contributed by atoms with Crippen LogP contribution in [0.2, 0.25) is 0 Å². The summed E-state index contributed by atoms with van der Waals surface area (Å²) < 4.78 is 5.53. The minimum absolute atomic E-state index is 0. The summed E-state index contributed by atoms with van der Waals surface area (Å²) in [6.45, 7) is 10.1. The summed E-state index contributed by atoms with van der Waals surface area (Å²) in [5, 5.41) is 17.3. The number of nitrogens with one attached hydrogen (secondary N) is 2. The summed E-state index contributed by atoms with van der Waals surface area (Å²) >= 11 is 0. The van der Waals surface area contributed by atoms with Crippen LogP contribution in [0.15, 0.2) is 29.3 Å². The van der Waals surface area contributed by atoms with Crippen molar-refractivity contribution in [3.63, 3.8) is 0 Å². The number of nitrogens with zero attached hydrogens (tertiary/aromatic N) is 2. The molecule has 1 unspecified atom stereocenters. The number of ether oxygens (including phenoxy) is 1. The maximum atomic E-state index is 10.8.